The van der Waals surface area contributed by atoms with E-state index in [1.807, 2.05) is 37.6 Å². The standard InChI is InChI=1S/C28H28N6O2S/c1-4-36-28(35)29-13-20-7-5-6-8-24(20)22-12-26(37-17-22)18(2)32-27-25-11-19(23-15-31-34(3)16-23)9-10-21(25)14-30-33-27/h5-12,14-18H,4,13H2,1-3H3,(H,29,35)(H,32,33). The third-order valence-electron chi connectivity index (χ3n) is 6.13. The molecule has 0 aliphatic heterocycles. The van der Waals surface area contributed by atoms with Crippen molar-refractivity contribution in [3.63, 3.8) is 0 Å². The van der Waals surface area contributed by atoms with Gasteiger partial charge in [0.05, 0.1) is 25.0 Å². The predicted octanol–water partition coefficient (Wildman–Crippen LogP) is 6.18. The van der Waals surface area contributed by atoms with E-state index in [0.717, 1.165) is 44.4 Å². The molecule has 0 bridgehead atoms. The number of alkyl carbamates (subject to hydrolysis) is 1. The number of aromatic nitrogens is 4. The van der Waals surface area contributed by atoms with E-state index < -0.39 is 6.09 Å². The highest BCUT2D eigenvalue weighted by Crippen LogP contribution is 2.34. The van der Waals surface area contributed by atoms with E-state index in [2.05, 4.69) is 68.6 Å². The number of hydrogen-bond acceptors (Lipinski definition) is 7. The van der Waals surface area contributed by atoms with Gasteiger partial charge in [-0.15, -0.1) is 16.4 Å². The molecule has 5 aromatic rings. The minimum atomic E-state index is -0.413. The molecular formula is C28H28N6O2S. The van der Waals surface area contributed by atoms with Crippen molar-refractivity contribution in [2.75, 3.05) is 11.9 Å². The number of ether oxygens (including phenoxy) is 1. The quantitative estimate of drug-likeness (QED) is 0.258. The minimum absolute atomic E-state index is 0.0190. The number of amides is 1. The molecule has 37 heavy (non-hydrogen) atoms. The Morgan fingerprint density at radius 2 is 1.97 bits per heavy atom. The lowest BCUT2D eigenvalue weighted by molar-refractivity contribution is 0.151. The second-order valence-electron chi connectivity index (χ2n) is 8.73. The number of nitrogens with one attached hydrogen (secondary N) is 2. The number of benzene rings is 2. The van der Waals surface area contributed by atoms with Gasteiger partial charge in [0, 0.05) is 41.0 Å². The van der Waals surface area contributed by atoms with Gasteiger partial charge < -0.3 is 15.4 Å². The average Bonchev–Trinajstić information content (AvgIpc) is 3.57. The number of fused-ring (bicyclic) bond motifs is 1. The van der Waals surface area contributed by atoms with Gasteiger partial charge in [0.1, 0.15) is 0 Å². The smallest absolute Gasteiger partial charge is 0.407 e. The molecule has 188 valence electrons. The van der Waals surface area contributed by atoms with Crippen molar-refractivity contribution in [2.45, 2.75) is 26.4 Å². The van der Waals surface area contributed by atoms with E-state index in [1.165, 1.54) is 4.88 Å². The molecule has 1 unspecified atom stereocenters. The van der Waals surface area contributed by atoms with Crippen molar-refractivity contribution in [2.24, 2.45) is 7.05 Å². The second-order valence-corrected chi connectivity index (χ2v) is 9.68. The highest BCUT2D eigenvalue weighted by atomic mass is 32.1. The Balaban J connectivity index is 1.37. The number of nitrogens with zero attached hydrogens (tertiary/aromatic N) is 4. The molecule has 0 saturated carbocycles. The Morgan fingerprint density at radius 3 is 2.78 bits per heavy atom. The van der Waals surface area contributed by atoms with Crippen LogP contribution < -0.4 is 10.6 Å². The number of carbonyl (C=O) groups excluding carboxylic acids is 1. The summed E-state index contributed by atoms with van der Waals surface area (Å²) in [4.78, 5) is 12.9. The van der Waals surface area contributed by atoms with Gasteiger partial charge in [-0.25, -0.2) is 4.79 Å². The molecule has 0 fully saturated rings. The number of thiophene rings is 1. The summed E-state index contributed by atoms with van der Waals surface area (Å²) in [6, 6.07) is 16.5. The first-order chi connectivity index (χ1) is 18.0. The van der Waals surface area contributed by atoms with Crippen LogP contribution in [0.3, 0.4) is 0 Å². The van der Waals surface area contributed by atoms with E-state index in [1.54, 1.807) is 29.1 Å². The molecule has 1 atom stereocenters. The van der Waals surface area contributed by atoms with E-state index >= 15 is 0 Å². The molecule has 0 aliphatic rings. The van der Waals surface area contributed by atoms with Gasteiger partial charge in [-0.1, -0.05) is 36.4 Å². The first-order valence-electron chi connectivity index (χ1n) is 12.1. The van der Waals surface area contributed by atoms with Gasteiger partial charge in [0.25, 0.3) is 0 Å². The lowest BCUT2D eigenvalue weighted by atomic mass is 10.0. The van der Waals surface area contributed by atoms with Crippen LogP contribution in [0.1, 0.15) is 30.3 Å². The van der Waals surface area contributed by atoms with E-state index in [0.29, 0.717) is 13.2 Å². The maximum absolute atomic E-state index is 11.8. The summed E-state index contributed by atoms with van der Waals surface area (Å²) in [6.45, 7) is 4.66. The molecule has 9 heteroatoms. The van der Waals surface area contributed by atoms with Crippen molar-refractivity contribution in [3.8, 4) is 22.3 Å². The number of anilines is 1. The number of carbonyl (C=O) groups is 1. The van der Waals surface area contributed by atoms with E-state index in [4.69, 9.17) is 4.74 Å². The number of rotatable bonds is 8. The lowest BCUT2D eigenvalue weighted by Gasteiger charge is -2.14. The molecule has 3 aromatic heterocycles. The fourth-order valence-corrected chi connectivity index (χ4v) is 5.15. The molecule has 5 rings (SSSR count). The molecule has 0 radical (unpaired) electrons. The fourth-order valence-electron chi connectivity index (χ4n) is 4.24. The summed E-state index contributed by atoms with van der Waals surface area (Å²) in [6.07, 6.45) is 5.23. The molecule has 8 nitrogen and oxygen atoms in total. The Kier molecular flexibility index (Phi) is 7.14. The van der Waals surface area contributed by atoms with Gasteiger partial charge in [0.2, 0.25) is 0 Å². The summed E-state index contributed by atoms with van der Waals surface area (Å²) >= 11 is 1.69. The topological polar surface area (TPSA) is 94.0 Å². The summed E-state index contributed by atoms with van der Waals surface area (Å²) in [7, 11) is 1.91. The van der Waals surface area contributed by atoms with E-state index in [-0.39, 0.29) is 6.04 Å². The molecule has 0 saturated heterocycles. The summed E-state index contributed by atoms with van der Waals surface area (Å²) in [5, 5.41) is 23.5. The Labute approximate surface area is 219 Å². The van der Waals surface area contributed by atoms with Crippen molar-refractivity contribution in [1.82, 2.24) is 25.3 Å². The van der Waals surface area contributed by atoms with Crippen LogP contribution in [0, 0.1) is 0 Å². The first-order valence-corrected chi connectivity index (χ1v) is 13.0. The zero-order valence-corrected chi connectivity index (χ0v) is 21.7. The van der Waals surface area contributed by atoms with Crippen molar-refractivity contribution >= 4 is 34.0 Å². The SMILES string of the molecule is CCOC(=O)NCc1ccccc1-c1csc(C(C)Nc2nncc3ccc(-c4cnn(C)c4)cc23)c1. The maximum Gasteiger partial charge on any atom is 0.407 e. The fraction of sp³-hybridized carbons (Fsp3) is 0.214. The van der Waals surface area contributed by atoms with Crippen LogP contribution in [0.5, 0.6) is 0 Å². The molecule has 1 amide bonds. The normalized spacial score (nSPS) is 11.9. The van der Waals surface area contributed by atoms with Gasteiger partial charge in [0.15, 0.2) is 5.82 Å². The molecule has 2 aromatic carbocycles. The molecular weight excluding hydrogens is 484 g/mol. The van der Waals surface area contributed by atoms with Gasteiger partial charge in [-0.2, -0.15) is 10.2 Å². The average molecular weight is 513 g/mol. The first kappa shape index (κ1) is 24.5. The molecule has 3 heterocycles. The van der Waals surface area contributed by atoms with Gasteiger partial charge in [-0.05, 0) is 53.6 Å². The zero-order valence-electron chi connectivity index (χ0n) is 20.9. The largest absolute Gasteiger partial charge is 0.450 e. The Morgan fingerprint density at radius 1 is 1.11 bits per heavy atom. The highest BCUT2D eigenvalue weighted by Gasteiger charge is 2.15. The Hall–Kier alpha value is -4.24. The van der Waals surface area contributed by atoms with Crippen LogP contribution in [0.25, 0.3) is 33.0 Å². The lowest BCUT2D eigenvalue weighted by Crippen LogP contribution is -2.23. The van der Waals surface area contributed by atoms with Crippen LogP contribution in [-0.2, 0) is 18.3 Å². The maximum atomic E-state index is 11.8. The molecule has 0 aliphatic carbocycles. The van der Waals surface area contributed by atoms with Crippen LogP contribution in [0.2, 0.25) is 0 Å². The third-order valence-corrected chi connectivity index (χ3v) is 7.24. The van der Waals surface area contributed by atoms with Crippen LogP contribution in [0.4, 0.5) is 10.6 Å². The monoisotopic (exact) mass is 512 g/mol. The predicted molar refractivity (Wildman–Crippen MR) is 147 cm³/mol. The van der Waals surface area contributed by atoms with Crippen LogP contribution >= 0.6 is 11.3 Å². The van der Waals surface area contributed by atoms with Gasteiger partial charge >= 0.3 is 6.09 Å². The van der Waals surface area contributed by atoms with E-state index in [9.17, 15) is 4.79 Å². The summed E-state index contributed by atoms with van der Waals surface area (Å²) in [5.41, 5.74) is 5.36. The highest BCUT2D eigenvalue weighted by molar-refractivity contribution is 7.10. The van der Waals surface area contributed by atoms with Gasteiger partial charge in [-0.3, -0.25) is 4.68 Å². The van der Waals surface area contributed by atoms with Crippen LogP contribution in [0.15, 0.2) is 72.5 Å². The molecule has 0 spiro atoms. The summed E-state index contributed by atoms with van der Waals surface area (Å²) in [5.74, 6) is 0.740. The Bertz CT molecular complexity index is 1540. The van der Waals surface area contributed by atoms with Crippen molar-refractivity contribution in [1.29, 1.82) is 0 Å². The third kappa shape index (κ3) is 5.46. The minimum Gasteiger partial charge on any atom is -0.450 e. The molecule has 2 N–H and O–H groups in total. The number of hydrogen-bond donors (Lipinski definition) is 2. The van der Waals surface area contributed by atoms with Crippen LogP contribution in [-0.4, -0.2) is 32.7 Å². The van der Waals surface area contributed by atoms with Crippen molar-refractivity contribution in [3.05, 3.63) is 82.9 Å². The summed E-state index contributed by atoms with van der Waals surface area (Å²) < 4.78 is 6.79. The number of aryl methyl sites for hydroxylation is 1. The van der Waals surface area contributed by atoms with Crippen molar-refractivity contribution < 1.29 is 9.53 Å². The zero-order chi connectivity index (χ0) is 25.8. The second kappa shape index (κ2) is 10.8.